The number of nitrogens with zero attached hydrogens (tertiary/aromatic N) is 1. The Morgan fingerprint density at radius 1 is 1.14 bits per heavy atom. The van der Waals surface area contributed by atoms with Crippen LogP contribution in [-0.2, 0) is 9.59 Å². The number of rotatable bonds is 4. The van der Waals surface area contributed by atoms with Crippen LogP contribution in [0.3, 0.4) is 0 Å². The molecule has 2 aromatic rings. The molecule has 1 saturated heterocycles. The van der Waals surface area contributed by atoms with Crippen LogP contribution in [0.25, 0.3) is 0 Å². The Balaban J connectivity index is 1.78. The van der Waals surface area contributed by atoms with E-state index in [0.29, 0.717) is 16.4 Å². The first kappa shape index (κ1) is 20.0. The number of hydrogen-bond acceptors (Lipinski definition) is 3. The molecule has 0 aliphatic carbocycles. The van der Waals surface area contributed by atoms with E-state index in [1.54, 1.807) is 18.2 Å². The molecule has 0 bridgehead atoms. The molecule has 2 atom stereocenters. The van der Waals surface area contributed by atoms with E-state index in [1.165, 1.54) is 17.0 Å². The number of aryl methyl sites for hydroxylation is 1. The van der Waals surface area contributed by atoms with Crippen molar-refractivity contribution in [2.75, 3.05) is 16.8 Å². The van der Waals surface area contributed by atoms with Gasteiger partial charge in [-0.05, 0) is 36.8 Å². The van der Waals surface area contributed by atoms with Crippen molar-refractivity contribution >= 4 is 52.5 Å². The van der Waals surface area contributed by atoms with Gasteiger partial charge in [0.05, 0.1) is 10.0 Å². The summed E-state index contributed by atoms with van der Waals surface area (Å²) in [6, 6.07) is 9.76. The van der Waals surface area contributed by atoms with Crippen LogP contribution in [0.4, 0.5) is 16.2 Å². The van der Waals surface area contributed by atoms with Crippen LogP contribution < -0.4 is 15.5 Å². The standard InChI is InChI=1S/C19H17Cl2N3O4/c1-10-4-2-3-5-15(10)24-9-12(18(26)27)16(17(24)25)23-19(28)22-11-6-7-13(20)14(21)8-11/h2-8,12,16H,9H2,1H3,(H,26,27)(H2,22,23,28)/t12-,16-/m1/s1. The lowest BCUT2D eigenvalue weighted by molar-refractivity contribution is -0.142. The quantitative estimate of drug-likeness (QED) is 0.702. The molecule has 28 heavy (non-hydrogen) atoms. The van der Waals surface area contributed by atoms with Crippen molar-refractivity contribution in [1.29, 1.82) is 0 Å². The van der Waals surface area contributed by atoms with E-state index in [2.05, 4.69) is 10.6 Å². The Bertz CT molecular complexity index is 951. The fourth-order valence-electron chi connectivity index (χ4n) is 3.08. The first-order valence-corrected chi connectivity index (χ1v) is 9.16. The maximum absolute atomic E-state index is 12.8. The first-order chi connectivity index (χ1) is 13.3. The number of carbonyl (C=O) groups is 3. The topological polar surface area (TPSA) is 98.7 Å². The highest BCUT2D eigenvalue weighted by atomic mass is 35.5. The molecule has 146 valence electrons. The van der Waals surface area contributed by atoms with Gasteiger partial charge in [0.15, 0.2) is 0 Å². The van der Waals surface area contributed by atoms with Crippen molar-refractivity contribution in [2.24, 2.45) is 5.92 Å². The van der Waals surface area contributed by atoms with Crippen LogP contribution in [0.5, 0.6) is 0 Å². The highest BCUT2D eigenvalue weighted by molar-refractivity contribution is 6.42. The summed E-state index contributed by atoms with van der Waals surface area (Å²) in [5.74, 6) is -2.72. The molecule has 0 unspecified atom stereocenters. The fraction of sp³-hybridized carbons (Fsp3) is 0.211. The molecule has 1 aliphatic heterocycles. The number of carboxylic acids is 1. The summed E-state index contributed by atoms with van der Waals surface area (Å²) in [6.45, 7) is 1.80. The van der Waals surface area contributed by atoms with E-state index in [9.17, 15) is 19.5 Å². The van der Waals surface area contributed by atoms with Gasteiger partial charge in [-0.25, -0.2) is 4.79 Å². The van der Waals surface area contributed by atoms with Crippen LogP contribution in [0.2, 0.25) is 10.0 Å². The number of hydrogen-bond donors (Lipinski definition) is 3. The van der Waals surface area contributed by atoms with E-state index in [0.717, 1.165) is 5.56 Å². The zero-order valence-corrected chi connectivity index (χ0v) is 16.3. The number of anilines is 2. The summed E-state index contributed by atoms with van der Waals surface area (Å²) in [7, 11) is 0. The molecule has 3 N–H and O–H groups in total. The van der Waals surface area contributed by atoms with E-state index in [4.69, 9.17) is 23.2 Å². The second-order valence-electron chi connectivity index (χ2n) is 6.39. The molecule has 0 spiro atoms. The highest BCUT2D eigenvalue weighted by Crippen LogP contribution is 2.29. The molecule has 1 aliphatic rings. The average Bonchev–Trinajstić information content (AvgIpc) is 2.95. The molecular formula is C19H17Cl2N3O4. The smallest absolute Gasteiger partial charge is 0.319 e. The molecule has 1 fully saturated rings. The van der Waals surface area contributed by atoms with E-state index in [-0.39, 0.29) is 11.6 Å². The lowest BCUT2D eigenvalue weighted by atomic mass is 10.0. The molecule has 1 heterocycles. The predicted octanol–water partition coefficient (Wildman–Crippen LogP) is 3.54. The molecule has 3 rings (SSSR count). The summed E-state index contributed by atoms with van der Waals surface area (Å²) in [5.41, 5.74) is 1.81. The monoisotopic (exact) mass is 421 g/mol. The van der Waals surface area contributed by atoms with Gasteiger partial charge in [-0.3, -0.25) is 9.59 Å². The number of halogens is 2. The first-order valence-electron chi connectivity index (χ1n) is 8.40. The van der Waals surface area contributed by atoms with Crippen LogP contribution >= 0.6 is 23.2 Å². The summed E-state index contributed by atoms with van der Waals surface area (Å²) in [6.07, 6.45) is 0. The third-order valence-electron chi connectivity index (χ3n) is 4.50. The van der Waals surface area contributed by atoms with Gasteiger partial charge in [0, 0.05) is 17.9 Å². The lowest BCUT2D eigenvalue weighted by Crippen LogP contribution is -2.47. The molecule has 2 aromatic carbocycles. The second kappa shape index (κ2) is 8.08. The minimum atomic E-state index is -1.19. The highest BCUT2D eigenvalue weighted by Gasteiger charge is 2.46. The van der Waals surface area contributed by atoms with E-state index in [1.807, 2.05) is 19.1 Å². The molecule has 7 nitrogen and oxygen atoms in total. The summed E-state index contributed by atoms with van der Waals surface area (Å²) in [5, 5.41) is 15.1. The predicted molar refractivity (Wildman–Crippen MR) is 107 cm³/mol. The minimum Gasteiger partial charge on any atom is -0.481 e. The van der Waals surface area contributed by atoms with Gasteiger partial charge in [0.1, 0.15) is 12.0 Å². The average molecular weight is 422 g/mol. The van der Waals surface area contributed by atoms with E-state index >= 15 is 0 Å². The zero-order valence-electron chi connectivity index (χ0n) is 14.8. The molecular weight excluding hydrogens is 405 g/mol. The Labute approximate surface area is 171 Å². The third kappa shape index (κ3) is 4.05. The van der Waals surface area contributed by atoms with Crippen molar-refractivity contribution < 1.29 is 19.5 Å². The number of urea groups is 1. The van der Waals surface area contributed by atoms with Crippen molar-refractivity contribution in [3.8, 4) is 0 Å². The maximum atomic E-state index is 12.8. The number of carboxylic acid groups (broad SMARTS) is 1. The summed E-state index contributed by atoms with van der Waals surface area (Å²) in [4.78, 5) is 38.2. The van der Waals surface area contributed by atoms with Crippen LogP contribution in [0, 0.1) is 12.8 Å². The number of para-hydroxylation sites is 1. The van der Waals surface area contributed by atoms with Gasteiger partial charge < -0.3 is 20.6 Å². The Hall–Kier alpha value is -2.77. The minimum absolute atomic E-state index is 0.0310. The van der Waals surface area contributed by atoms with Crippen molar-refractivity contribution in [3.63, 3.8) is 0 Å². The van der Waals surface area contributed by atoms with Gasteiger partial charge in [-0.15, -0.1) is 0 Å². The lowest BCUT2D eigenvalue weighted by Gasteiger charge is -2.19. The molecule has 3 amide bonds. The van der Waals surface area contributed by atoms with Crippen LogP contribution in [0.1, 0.15) is 5.56 Å². The molecule has 9 heteroatoms. The number of nitrogens with one attached hydrogen (secondary N) is 2. The van der Waals surface area contributed by atoms with Crippen LogP contribution in [0.15, 0.2) is 42.5 Å². The maximum Gasteiger partial charge on any atom is 0.319 e. The van der Waals surface area contributed by atoms with Crippen molar-refractivity contribution in [2.45, 2.75) is 13.0 Å². The fourth-order valence-corrected chi connectivity index (χ4v) is 3.38. The van der Waals surface area contributed by atoms with Crippen LogP contribution in [-0.4, -0.2) is 35.6 Å². The number of aliphatic carboxylic acids is 1. The molecule has 0 aromatic heterocycles. The van der Waals surface area contributed by atoms with Crippen molar-refractivity contribution in [1.82, 2.24) is 5.32 Å². The van der Waals surface area contributed by atoms with Gasteiger partial charge in [-0.1, -0.05) is 41.4 Å². The number of carbonyl (C=O) groups excluding carboxylic acids is 2. The van der Waals surface area contributed by atoms with Gasteiger partial charge in [0.2, 0.25) is 0 Å². The van der Waals surface area contributed by atoms with Gasteiger partial charge in [-0.2, -0.15) is 0 Å². The van der Waals surface area contributed by atoms with Gasteiger partial charge in [0.25, 0.3) is 5.91 Å². The van der Waals surface area contributed by atoms with Gasteiger partial charge >= 0.3 is 12.0 Å². The largest absolute Gasteiger partial charge is 0.481 e. The normalized spacial score (nSPS) is 18.8. The third-order valence-corrected chi connectivity index (χ3v) is 5.24. The zero-order chi connectivity index (χ0) is 20.4. The SMILES string of the molecule is Cc1ccccc1N1C[C@@H](C(=O)O)[C@@H](NC(=O)Nc2ccc(Cl)c(Cl)c2)C1=O. The Morgan fingerprint density at radius 3 is 2.50 bits per heavy atom. The summed E-state index contributed by atoms with van der Waals surface area (Å²) >= 11 is 11.8. The van der Waals surface area contributed by atoms with Crippen molar-refractivity contribution in [3.05, 3.63) is 58.1 Å². The Kier molecular flexibility index (Phi) is 5.76. The van der Waals surface area contributed by atoms with E-state index < -0.39 is 29.9 Å². The second-order valence-corrected chi connectivity index (χ2v) is 7.20. The number of amides is 3. The molecule has 0 saturated carbocycles. The summed E-state index contributed by atoms with van der Waals surface area (Å²) < 4.78 is 0. The molecule has 0 radical (unpaired) electrons. The number of benzene rings is 2. The Morgan fingerprint density at radius 2 is 1.86 bits per heavy atom.